The Morgan fingerprint density at radius 1 is 1.35 bits per heavy atom. The normalized spacial score (nSPS) is 10.2. The fraction of sp³-hybridized carbons (Fsp3) is 0.167. The number of benzene rings is 1. The third-order valence-corrected chi connectivity index (χ3v) is 3.03. The minimum Gasteiger partial charge on any atom is -0.347 e. The summed E-state index contributed by atoms with van der Waals surface area (Å²) in [5.74, 6) is -0.155. The molecule has 1 aromatic heterocycles. The van der Waals surface area contributed by atoms with Gasteiger partial charge in [0.15, 0.2) is 0 Å². The molecule has 3 N–H and O–H groups in total. The Balaban J connectivity index is 2.00. The molecule has 0 aliphatic rings. The first-order chi connectivity index (χ1) is 8.31. The van der Waals surface area contributed by atoms with Gasteiger partial charge in [0.2, 0.25) is 0 Å². The van der Waals surface area contributed by atoms with Crippen LogP contribution in [0, 0.1) is 0 Å². The SMILES string of the molecule is NCc1ccccc1CNC(=O)c1cscn1. The molecule has 0 atom stereocenters. The number of carbonyl (C=O) groups excluding carboxylic acids is 1. The van der Waals surface area contributed by atoms with E-state index in [1.807, 2.05) is 24.3 Å². The summed E-state index contributed by atoms with van der Waals surface area (Å²) in [6, 6.07) is 7.80. The molecule has 0 unspecified atom stereocenters. The average molecular weight is 247 g/mol. The second-order valence-electron chi connectivity index (χ2n) is 3.53. The largest absolute Gasteiger partial charge is 0.347 e. The van der Waals surface area contributed by atoms with Gasteiger partial charge >= 0.3 is 0 Å². The maximum Gasteiger partial charge on any atom is 0.271 e. The Hall–Kier alpha value is -1.72. The summed E-state index contributed by atoms with van der Waals surface area (Å²) in [4.78, 5) is 15.6. The number of nitrogens with one attached hydrogen (secondary N) is 1. The topological polar surface area (TPSA) is 68.0 Å². The van der Waals surface area contributed by atoms with Crippen molar-refractivity contribution in [2.75, 3.05) is 0 Å². The molecule has 0 fully saturated rings. The van der Waals surface area contributed by atoms with Gasteiger partial charge in [0.05, 0.1) is 5.51 Å². The Kier molecular flexibility index (Phi) is 3.85. The van der Waals surface area contributed by atoms with Crippen LogP contribution in [0.1, 0.15) is 21.6 Å². The van der Waals surface area contributed by atoms with Crippen LogP contribution in [0.3, 0.4) is 0 Å². The van der Waals surface area contributed by atoms with E-state index >= 15 is 0 Å². The first-order valence-corrected chi connectivity index (χ1v) is 6.19. The summed E-state index contributed by atoms with van der Waals surface area (Å²) in [7, 11) is 0. The summed E-state index contributed by atoms with van der Waals surface area (Å²) in [5.41, 5.74) is 9.82. The molecule has 1 aromatic carbocycles. The van der Waals surface area contributed by atoms with E-state index in [-0.39, 0.29) is 5.91 Å². The Bertz CT molecular complexity index is 496. The third kappa shape index (κ3) is 2.89. The number of hydrogen-bond acceptors (Lipinski definition) is 4. The molecular formula is C12H13N3OS. The molecule has 2 aromatic rings. The summed E-state index contributed by atoms with van der Waals surface area (Å²) in [6.07, 6.45) is 0. The highest BCUT2D eigenvalue weighted by Gasteiger charge is 2.07. The van der Waals surface area contributed by atoms with Gasteiger partial charge in [-0.15, -0.1) is 11.3 Å². The lowest BCUT2D eigenvalue weighted by Gasteiger charge is -2.08. The summed E-state index contributed by atoms with van der Waals surface area (Å²) in [6.45, 7) is 0.951. The van der Waals surface area contributed by atoms with Crippen LogP contribution in [0.15, 0.2) is 35.2 Å². The number of carbonyl (C=O) groups is 1. The van der Waals surface area contributed by atoms with Crippen LogP contribution in [0.2, 0.25) is 0 Å². The van der Waals surface area contributed by atoms with Gasteiger partial charge in [0.25, 0.3) is 5.91 Å². The predicted octanol–water partition coefficient (Wildman–Crippen LogP) is 1.53. The van der Waals surface area contributed by atoms with Gasteiger partial charge < -0.3 is 11.1 Å². The van der Waals surface area contributed by atoms with E-state index in [0.717, 1.165) is 11.1 Å². The Morgan fingerprint density at radius 2 is 2.12 bits per heavy atom. The van der Waals surface area contributed by atoms with E-state index in [1.54, 1.807) is 10.9 Å². The number of nitrogens with zero attached hydrogens (tertiary/aromatic N) is 1. The predicted molar refractivity (Wildman–Crippen MR) is 67.6 cm³/mol. The van der Waals surface area contributed by atoms with Crippen molar-refractivity contribution in [3.05, 3.63) is 52.0 Å². The van der Waals surface area contributed by atoms with Gasteiger partial charge in [0.1, 0.15) is 5.69 Å². The van der Waals surface area contributed by atoms with Crippen molar-refractivity contribution in [3.63, 3.8) is 0 Å². The summed E-state index contributed by atoms with van der Waals surface area (Å²) >= 11 is 1.41. The maximum atomic E-state index is 11.7. The fourth-order valence-electron chi connectivity index (χ4n) is 1.52. The van der Waals surface area contributed by atoms with E-state index in [1.165, 1.54) is 11.3 Å². The molecular weight excluding hydrogens is 234 g/mol. The molecule has 4 nitrogen and oxygen atoms in total. The third-order valence-electron chi connectivity index (χ3n) is 2.44. The second-order valence-corrected chi connectivity index (χ2v) is 4.25. The van der Waals surface area contributed by atoms with E-state index < -0.39 is 0 Å². The van der Waals surface area contributed by atoms with E-state index in [9.17, 15) is 4.79 Å². The molecule has 1 heterocycles. The molecule has 0 spiro atoms. The number of amides is 1. The van der Waals surface area contributed by atoms with Crippen molar-refractivity contribution in [3.8, 4) is 0 Å². The van der Waals surface area contributed by atoms with E-state index in [0.29, 0.717) is 18.8 Å². The minimum atomic E-state index is -0.155. The van der Waals surface area contributed by atoms with Crippen LogP contribution in [0.4, 0.5) is 0 Å². The maximum absolute atomic E-state index is 11.7. The summed E-state index contributed by atoms with van der Waals surface area (Å²) < 4.78 is 0. The molecule has 5 heteroatoms. The van der Waals surface area contributed by atoms with Crippen molar-refractivity contribution in [1.29, 1.82) is 0 Å². The highest BCUT2D eigenvalue weighted by atomic mass is 32.1. The first kappa shape index (κ1) is 11.8. The number of rotatable bonds is 4. The van der Waals surface area contributed by atoms with Gasteiger partial charge in [-0.2, -0.15) is 0 Å². The molecule has 0 saturated carbocycles. The van der Waals surface area contributed by atoms with Crippen LogP contribution < -0.4 is 11.1 Å². The number of nitrogens with two attached hydrogens (primary N) is 1. The number of hydrogen-bond donors (Lipinski definition) is 2. The zero-order valence-corrected chi connectivity index (χ0v) is 10.0. The van der Waals surface area contributed by atoms with Crippen LogP contribution in [0.5, 0.6) is 0 Å². The zero-order chi connectivity index (χ0) is 12.1. The highest BCUT2D eigenvalue weighted by molar-refractivity contribution is 7.07. The zero-order valence-electron chi connectivity index (χ0n) is 9.22. The highest BCUT2D eigenvalue weighted by Crippen LogP contribution is 2.08. The van der Waals surface area contributed by atoms with Crippen LogP contribution in [-0.2, 0) is 13.1 Å². The van der Waals surface area contributed by atoms with Gasteiger partial charge in [-0.1, -0.05) is 24.3 Å². The van der Waals surface area contributed by atoms with Gasteiger partial charge in [-0.25, -0.2) is 4.98 Å². The molecule has 2 rings (SSSR count). The van der Waals surface area contributed by atoms with Crippen LogP contribution in [-0.4, -0.2) is 10.9 Å². The number of thiazole rings is 1. The minimum absolute atomic E-state index is 0.155. The van der Waals surface area contributed by atoms with Crippen molar-refractivity contribution in [2.24, 2.45) is 5.73 Å². The van der Waals surface area contributed by atoms with Crippen molar-refractivity contribution in [1.82, 2.24) is 10.3 Å². The average Bonchev–Trinajstić information content (AvgIpc) is 2.90. The lowest BCUT2D eigenvalue weighted by atomic mass is 10.1. The lowest BCUT2D eigenvalue weighted by Crippen LogP contribution is -2.23. The lowest BCUT2D eigenvalue weighted by molar-refractivity contribution is 0.0946. The molecule has 0 bridgehead atoms. The first-order valence-electron chi connectivity index (χ1n) is 5.24. The smallest absolute Gasteiger partial charge is 0.271 e. The van der Waals surface area contributed by atoms with Crippen LogP contribution in [0.25, 0.3) is 0 Å². The van der Waals surface area contributed by atoms with E-state index in [4.69, 9.17) is 5.73 Å². The monoisotopic (exact) mass is 247 g/mol. The van der Waals surface area contributed by atoms with Crippen molar-refractivity contribution in [2.45, 2.75) is 13.1 Å². The van der Waals surface area contributed by atoms with E-state index in [2.05, 4.69) is 10.3 Å². The molecule has 0 aliphatic carbocycles. The fourth-order valence-corrected chi connectivity index (χ4v) is 2.05. The standard InChI is InChI=1S/C12H13N3OS/c13-5-9-3-1-2-4-10(9)6-14-12(16)11-7-17-8-15-11/h1-4,7-8H,5-6,13H2,(H,14,16). The Labute approximate surface area is 103 Å². The van der Waals surface area contributed by atoms with Crippen LogP contribution >= 0.6 is 11.3 Å². The molecule has 88 valence electrons. The summed E-state index contributed by atoms with van der Waals surface area (Å²) in [5, 5.41) is 4.55. The number of aromatic nitrogens is 1. The molecule has 17 heavy (non-hydrogen) atoms. The van der Waals surface area contributed by atoms with Crippen molar-refractivity contribution >= 4 is 17.2 Å². The van der Waals surface area contributed by atoms with Gasteiger partial charge in [0, 0.05) is 18.5 Å². The van der Waals surface area contributed by atoms with Gasteiger partial charge in [-0.05, 0) is 11.1 Å². The molecule has 0 radical (unpaired) electrons. The quantitative estimate of drug-likeness (QED) is 0.861. The molecule has 0 saturated heterocycles. The van der Waals surface area contributed by atoms with Gasteiger partial charge in [-0.3, -0.25) is 4.79 Å². The van der Waals surface area contributed by atoms with Crippen molar-refractivity contribution < 1.29 is 4.79 Å². The molecule has 0 aliphatic heterocycles. The molecule has 1 amide bonds. The second kappa shape index (κ2) is 5.56. The Morgan fingerprint density at radius 3 is 2.76 bits per heavy atom.